The Bertz CT molecular complexity index is 1090. The van der Waals surface area contributed by atoms with E-state index in [9.17, 15) is 4.57 Å². The average molecular weight is 483 g/mol. The van der Waals surface area contributed by atoms with Crippen molar-refractivity contribution in [3.05, 3.63) is 78.4 Å². The fourth-order valence-corrected chi connectivity index (χ4v) is 6.11. The van der Waals surface area contributed by atoms with Crippen molar-refractivity contribution in [2.45, 2.75) is 25.5 Å². The SMILES string of the molecule is CCCCO[P@@](=O)(c1ccc(N(C)C)cc1)[C@H](Nc1ccccc1)c1ccc(OC)c(OC)c1. The Balaban J connectivity index is 2.15. The maximum absolute atomic E-state index is 14.9. The van der Waals surface area contributed by atoms with Crippen molar-refractivity contribution in [2.24, 2.45) is 0 Å². The summed E-state index contributed by atoms with van der Waals surface area (Å²) in [4.78, 5) is 2.01. The highest BCUT2D eigenvalue weighted by Gasteiger charge is 2.38. The molecule has 0 aliphatic heterocycles. The number of hydrogen-bond acceptors (Lipinski definition) is 6. The van der Waals surface area contributed by atoms with Crippen molar-refractivity contribution in [3.8, 4) is 11.5 Å². The first kappa shape index (κ1) is 25.7. The van der Waals surface area contributed by atoms with Gasteiger partial charge in [-0.1, -0.05) is 37.6 Å². The molecule has 3 aromatic rings. The molecule has 1 N–H and O–H groups in total. The Morgan fingerprint density at radius 1 is 0.912 bits per heavy atom. The third-order valence-electron chi connectivity index (χ3n) is 5.65. The zero-order valence-electron chi connectivity index (χ0n) is 20.7. The molecule has 0 radical (unpaired) electrons. The number of anilines is 2. The molecule has 0 saturated carbocycles. The predicted octanol–water partition coefficient (Wildman–Crippen LogP) is 6.30. The highest BCUT2D eigenvalue weighted by atomic mass is 31.2. The van der Waals surface area contributed by atoms with E-state index in [0.717, 1.165) is 29.8 Å². The topological polar surface area (TPSA) is 60.0 Å². The van der Waals surface area contributed by atoms with Crippen LogP contribution in [0.25, 0.3) is 0 Å². The number of benzene rings is 3. The Labute approximate surface area is 203 Å². The van der Waals surface area contributed by atoms with Gasteiger partial charge in [-0.15, -0.1) is 0 Å². The van der Waals surface area contributed by atoms with Gasteiger partial charge in [0, 0.05) is 30.8 Å². The Kier molecular flexibility index (Phi) is 9.03. The first-order valence-corrected chi connectivity index (χ1v) is 13.2. The second-order valence-corrected chi connectivity index (χ2v) is 10.7. The molecule has 0 bridgehead atoms. The lowest BCUT2D eigenvalue weighted by atomic mass is 10.2. The lowest BCUT2D eigenvalue weighted by Gasteiger charge is -2.30. The summed E-state index contributed by atoms with van der Waals surface area (Å²) in [7, 11) is 3.73. The number of nitrogens with one attached hydrogen (secondary N) is 1. The van der Waals surface area contributed by atoms with E-state index in [4.69, 9.17) is 14.0 Å². The van der Waals surface area contributed by atoms with E-state index in [1.165, 1.54) is 0 Å². The molecule has 0 aliphatic carbocycles. The maximum atomic E-state index is 14.9. The zero-order chi connectivity index (χ0) is 24.6. The van der Waals surface area contributed by atoms with Crippen LogP contribution in [0.1, 0.15) is 31.1 Å². The smallest absolute Gasteiger partial charge is 0.258 e. The summed E-state index contributed by atoms with van der Waals surface area (Å²) < 4.78 is 32.1. The van der Waals surface area contributed by atoms with Gasteiger partial charge in [0.15, 0.2) is 11.5 Å². The van der Waals surface area contributed by atoms with Gasteiger partial charge in [0.05, 0.1) is 20.8 Å². The third kappa shape index (κ3) is 5.94. The van der Waals surface area contributed by atoms with Gasteiger partial charge in [-0.2, -0.15) is 0 Å². The molecule has 0 heterocycles. The van der Waals surface area contributed by atoms with Crippen molar-refractivity contribution >= 4 is 24.0 Å². The highest BCUT2D eigenvalue weighted by molar-refractivity contribution is 7.67. The largest absolute Gasteiger partial charge is 0.493 e. The van der Waals surface area contributed by atoms with E-state index in [-0.39, 0.29) is 0 Å². The van der Waals surface area contributed by atoms with Crippen LogP contribution in [-0.2, 0) is 9.09 Å². The number of hydrogen-bond donors (Lipinski definition) is 1. The zero-order valence-corrected chi connectivity index (χ0v) is 21.5. The minimum Gasteiger partial charge on any atom is -0.493 e. The van der Waals surface area contributed by atoms with E-state index in [2.05, 4.69) is 12.2 Å². The second kappa shape index (κ2) is 12.0. The minimum atomic E-state index is -3.43. The number of para-hydroxylation sites is 1. The molecule has 0 aromatic heterocycles. The lowest BCUT2D eigenvalue weighted by molar-refractivity contribution is 0.308. The van der Waals surface area contributed by atoms with Gasteiger partial charge in [-0.3, -0.25) is 4.57 Å². The van der Waals surface area contributed by atoms with Gasteiger partial charge < -0.3 is 24.2 Å². The van der Waals surface area contributed by atoms with E-state index in [0.29, 0.717) is 23.4 Å². The van der Waals surface area contributed by atoms with Crippen LogP contribution in [0.5, 0.6) is 11.5 Å². The summed E-state index contributed by atoms with van der Waals surface area (Å²) in [6, 6.07) is 23.1. The van der Waals surface area contributed by atoms with E-state index in [1.807, 2.05) is 91.8 Å². The summed E-state index contributed by atoms with van der Waals surface area (Å²) in [5, 5.41) is 4.16. The molecular formula is C27H35N2O4P. The van der Waals surface area contributed by atoms with E-state index in [1.54, 1.807) is 14.2 Å². The fraction of sp³-hybridized carbons (Fsp3) is 0.333. The molecular weight excluding hydrogens is 447 g/mol. The minimum absolute atomic E-state index is 0.406. The summed E-state index contributed by atoms with van der Waals surface area (Å²) in [5.41, 5.74) is 2.67. The van der Waals surface area contributed by atoms with Gasteiger partial charge in [0.1, 0.15) is 5.78 Å². The lowest BCUT2D eigenvalue weighted by Crippen LogP contribution is -2.21. The number of unbranched alkanes of at least 4 members (excludes halogenated alkanes) is 1. The van der Waals surface area contributed by atoms with Crippen LogP contribution in [0.15, 0.2) is 72.8 Å². The molecule has 6 nitrogen and oxygen atoms in total. The second-order valence-electron chi connectivity index (χ2n) is 8.22. The average Bonchev–Trinajstić information content (AvgIpc) is 2.87. The summed E-state index contributed by atoms with van der Waals surface area (Å²) in [6.45, 7) is 2.50. The summed E-state index contributed by atoms with van der Waals surface area (Å²) in [5.74, 6) is 0.557. The quantitative estimate of drug-likeness (QED) is 0.241. The Morgan fingerprint density at radius 3 is 2.18 bits per heavy atom. The van der Waals surface area contributed by atoms with E-state index >= 15 is 0 Å². The molecule has 182 valence electrons. The maximum Gasteiger partial charge on any atom is 0.258 e. The van der Waals surface area contributed by atoms with Crippen LogP contribution >= 0.6 is 7.37 Å². The molecule has 0 spiro atoms. The molecule has 0 saturated heterocycles. The van der Waals surface area contributed by atoms with Crippen molar-refractivity contribution in [1.82, 2.24) is 0 Å². The number of rotatable bonds is 12. The highest BCUT2D eigenvalue weighted by Crippen LogP contribution is 2.59. The third-order valence-corrected chi connectivity index (χ3v) is 8.34. The van der Waals surface area contributed by atoms with Crippen molar-refractivity contribution in [1.29, 1.82) is 0 Å². The molecule has 2 atom stereocenters. The van der Waals surface area contributed by atoms with Crippen LogP contribution < -0.4 is 25.0 Å². The Morgan fingerprint density at radius 2 is 1.59 bits per heavy atom. The molecule has 0 fully saturated rings. The van der Waals surface area contributed by atoms with Crippen LogP contribution in [0, 0.1) is 0 Å². The Hall–Kier alpha value is -2.95. The van der Waals surface area contributed by atoms with Gasteiger partial charge in [-0.25, -0.2) is 0 Å². The van der Waals surface area contributed by atoms with Crippen LogP contribution in [-0.4, -0.2) is 34.9 Å². The van der Waals surface area contributed by atoms with E-state index < -0.39 is 13.2 Å². The van der Waals surface area contributed by atoms with Crippen molar-refractivity contribution in [3.63, 3.8) is 0 Å². The molecule has 0 amide bonds. The van der Waals surface area contributed by atoms with Crippen LogP contribution in [0.4, 0.5) is 11.4 Å². The van der Waals surface area contributed by atoms with Crippen LogP contribution in [0.3, 0.4) is 0 Å². The predicted molar refractivity (Wildman–Crippen MR) is 141 cm³/mol. The number of methoxy groups -OCH3 is 2. The molecule has 7 heteroatoms. The molecule has 0 unspecified atom stereocenters. The number of nitrogens with zero attached hydrogens (tertiary/aromatic N) is 1. The van der Waals surface area contributed by atoms with Crippen molar-refractivity contribution < 1.29 is 18.6 Å². The summed E-state index contributed by atoms with van der Waals surface area (Å²) >= 11 is 0. The normalized spacial score (nSPS) is 13.6. The molecule has 0 aliphatic rings. The molecule has 3 aromatic carbocycles. The van der Waals surface area contributed by atoms with Gasteiger partial charge in [0.2, 0.25) is 0 Å². The van der Waals surface area contributed by atoms with Crippen molar-refractivity contribution in [2.75, 3.05) is 45.1 Å². The molecule has 3 rings (SSSR count). The molecule has 34 heavy (non-hydrogen) atoms. The van der Waals surface area contributed by atoms with Gasteiger partial charge >= 0.3 is 0 Å². The monoisotopic (exact) mass is 482 g/mol. The summed E-state index contributed by atoms with van der Waals surface area (Å²) in [6.07, 6.45) is 1.77. The number of ether oxygens (including phenoxy) is 2. The fourth-order valence-electron chi connectivity index (χ4n) is 3.68. The standard InChI is InChI=1S/C27H35N2O4P/c1-6-7-19-33-34(30,24-16-14-23(15-17-24)29(2)3)27(28-22-11-9-8-10-12-22)21-13-18-25(31-4)26(20-21)32-5/h8-18,20,27-28H,6-7,19H2,1-5H3/t27-,34-/m0/s1. The first-order valence-electron chi connectivity index (χ1n) is 11.5. The van der Waals surface area contributed by atoms with Gasteiger partial charge in [0.25, 0.3) is 7.37 Å². The van der Waals surface area contributed by atoms with Crippen LogP contribution in [0.2, 0.25) is 0 Å². The first-order chi connectivity index (χ1) is 16.4. The van der Waals surface area contributed by atoms with Gasteiger partial charge in [-0.05, 0) is 60.5 Å².